The van der Waals surface area contributed by atoms with Crippen molar-refractivity contribution in [3.8, 4) is 11.5 Å². The lowest BCUT2D eigenvalue weighted by molar-refractivity contribution is 0.102. The summed E-state index contributed by atoms with van der Waals surface area (Å²) in [6.07, 6.45) is 1.55. The van der Waals surface area contributed by atoms with Gasteiger partial charge in [0.25, 0.3) is 5.91 Å². The van der Waals surface area contributed by atoms with E-state index in [9.17, 15) is 4.79 Å². The van der Waals surface area contributed by atoms with Crippen molar-refractivity contribution in [3.05, 3.63) is 77.5 Å². The second-order valence-electron chi connectivity index (χ2n) is 6.30. The molecule has 1 aromatic heterocycles. The Balaban J connectivity index is 1.61. The number of aromatic nitrogens is 1. The molecule has 2 N–H and O–H groups in total. The first-order valence-electron chi connectivity index (χ1n) is 8.88. The summed E-state index contributed by atoms with van der Waals surface area (Å²) >= 11 is 0. The van der Waals surface area contributed by atoms with Crippen LogP contribution in [0.5, 0.6) is 11.5 Å². The third kappa shape index (κ3) is 4.79. The molecule has 28 heavy (non-hydrogen) atoms. The molecule has 1 heterocycles. The molecule has 2 aromatic carbocycles. The van der Waals surface area contributed by atoms with Gasteiger partial charge in [-0.05, 0) is 36.8 Å². The van der Waals surface area contributed by atoms with Gasteiger partial charge in [0, 0.05) is 24.5 Å². The van der Waals surface area contributed by atoms with Crippen LogP contribution in [0.15, 0.2) is 60.8 Å². The van der Waals surface area contributed by atoms with Crippen LogP contribution in [0, 0.1) is 6.92 Å². The van der Waals surface area contributed by atoms with Crippen molar-refractivity contribution < 1.29 is 14.3 Å². The van der Waals surface area contributed by atoms with E-state index in [0.29, 0.717) is 35.1 Å². The summed E-state index contributed by atoms with van der Waals surface area (Å²) in [7, 11) is 3.12. The number of benzene rings is 2. The Hall–Kier alpha value is -3.54. The van der Waals surface area contributed by atoms with Crippen LogP contribution in [-0.4, -0.2) is 25.1 Å². The third-order valence-corrected chi connectivity index (χ3v) is 4.26. The van der Waals surface area contributed by atoms with Gasteiger partial charge in [0.2, 0.25) is 0 Å². The SMILES string of the molecule is COc1ccc(NC(=O)c2ccc(NCc3ccc(C)cc3)nc2)cc1OC. The molecule has 0 saturated heterocycles. The number of amides is 1. The molecule has 0 saturated carbocycles. The number of carbonyl (C=O) groups is 1. The highest BCUT2D eigenvalue weighted by Crippen LogP contribution is 2.29. The first-order chi connectivity index (χ1) is 13.6. The molecule has 0 radical (unpaired) electrons. The van der Waals surface area contributed by atoms with E-state index < -0.39 is 0 Å². The van der Waals surface area contributed by atoms with Crippen LogP contribution in [0.4, 0.5) is 11.5 Å². The van der Waals surface area contributed by atoms with Gasteiger partial charge in [0.15, 0.2) is 11.5 Å². The molecular weight excluding hydrogens is 354 g/mol. The van der Waals surface area contributed by atoms with E-state index in [0.717, 1.165) is 0 Å². The van der Waals surface area contributed by atoms with Crippen LogP contribution in [0.1, 0.15) is 21.5 Å². The Bertz CT molecular complexity index is 938. The van der Waals surface area contributed by atoms with Gasteiger partial charge in [0.05, 0.1) is 19.8 Å². The van der Waals surface area contributed by atoms with Gasteiger partial charge in [-0.2, -0.15) is 0 Å². The summed E-state index contributed by atoms with van der Waals surface area (Å²) in [5, 5.41) is 6.08. The number of ether oxygens (including phenoxy) is 2. The maximum absolute atomic E-state index is 12.4. The second-order valence-corrected chi connectivity index (χ2v) is 6.30. The molecule has 6 nitrogen and oxygen atoms in total. The van der Waals surface area contributed by atoms with E-state index in [2.05, 4.69) is 46.8 Å². The van der Waals surface area contributed by atoms with Gasteiger partial charge >= 0.3 is 0 Å². The zero-order chi connectivity index (χ0) is 19.9. The summed E-state index contributed by atoms with van der Waals surface area (Å²) in [6.45, 7) is 2.73. The van der Waals surface area contributed by atoms with Crippen LogP contribution >= 0.6 is 0 Å². The lowest BCUT2D eigenvalue weighted by atomic mass is 10.1. The minimum atomic E-state index is -0.246. The quantitative estimate of drug-likeness (QED) is 0.643. The summed E-state index contributed by atoms with van der Waals surface area (Å²) in [5.41, 5.74) is 3.48. The lowest BCUT2D eigenvalue weighted by Crippen LogP contribution is -2.12. The summed E-state index contributed by atoms with van der Waals surface area (Å²) in [4.78, 5) is 16.8. The fourth-order valence-electron chi connectivity index (χ4n) is 2.65. The van der Waals surface area contributed by atoms with E-state index >= 15 is 0 Å². The molecule has 0 fully saturated rings. The number of hydrogen-bond acceptors (Lipinski definition) is 5. The van der Waals surface area contributed by atoms with Crippen LogP contribution in [-0.2, 0) is 6.54 Å². The van der Waals surface area contributed by atoms with Crippen LogP contribution < -0.4 is 20.1 Å². The van der Waals surface area contributed by atoms with Crippen molar-refractivity contribution in [2.24, 2.45) is 0 Å². The van der Waals surface area contributed by atoms with Gasteiger partial charge < -0.3 is 20.1 Å². The molecule has 0 unspecified atom stereocenters. The first-order valence-corrected chi connectivity index (χ1v) is 8.88. The van der Waals surface area contributed by atoms with Gasteiger partial charge in [-0.25, -0.2) is 4.98 Å². The van der Waals surface area contributed by atoms with Crippen molar-refractivity contribution in [1.29, 1.82) is 0 Å². The second kappa shape index (κ2) is 8.90. The molecule has 0 atom stereocenters. The third-order valence-electron chi connectivity index (χ3n) is 4.26. The highest BCUT2D eigenvalue weighted by molar-refractivity contribution is 6.04. The number of aryl methyl sites for hydroxylation is 1. The smallest absolute Gasteiger partial charge is 0.257 e. The lowest BCUT2D eigenvalue weighted by Gasteiger charge is -2.11. The van der Waals surface area contributed by atoms with E-state index in [1.165, 1.54) is 11.1 Å². The highest BCUT2D eigenvalue weighted by atomic mass is 16.5. The number of hydrogen-bond donors (Lipinski definition) is 2. The normalized spacial score (nSPS) is 10.2. The van der Waals surface area contributed by atoms with Gasteiger partial charge in [0.1, 0.15) is 5.82 Å². The number of rotatable bonds is 7. The molecule has 0 aliphatic rings. The average molecular weight is 377 g/mol. The van der Waals surface area contributed by atoms with E-state index in [-0.39, 0.29) is 5.91 Å². The predicted molar refractivity (Wildman–Crippen MR) is 110 cm³/mol. The largest absolute Gasteiger partial charge is 0.493 e. The molecule has 0 bridgehead atoms. The number of nitrogens with one attached hydrogen (secondary N) is 2. The van der Waals surface area contributed by atoms with E-state index in [1.54, 1.807) is 50.7 Å². The molecule has 0 aliphatic heterocycles. The van der Waals surface area contributed by atoms with Gasteiger partial charge in [-0.3, -0.25) is 4.79 Å². The van der Waals surface area contributed by atoms with Gasteiger partial charge in [-0.15, -0.1) is 0 Å². The Morgan fingerprint density at radius 3 is 2.36 bits per heavy atom. The summed E-state index contributed by atoms with van der Waals surface area (Å²) in [5.74, 6) is 1.62. The molecule has 0 aliphatic carbocycles. The fraction of sp³-hybridized carbons (Fsp3) is 0.182. The Morgan fingerprint density at radius 2 is 1.71 bits per heavy atom. The Labute approximate surface area is 164 Å². The molecule has 6 heteroatoms. The number of nitrogens with zero attached hydrogens (tertiary/aromatic N) is 1. The van der Waals surface area contributed by atoms with Crippen LogP contribution in [0.25, 0.3) is 0 Å². The molecular formula is C22H23N3O3. The zero-order valence-electron chi connectivity index (χ0n) is 16.2. The first kappa shape index (κ1) is 19.2. The summed E-state index contributed by atoms with van der Waals surface area (Å²) < 4.78 is 10.5. The minimum absolute atomic E-state index is 0.246. The van der Waals surface area contributed by atoms with Crippen molar-refractivity contribution >= 4 is 17.4 Å². The molecule has 1 amide bonds. The summed E-state index contributed by atoms with van der Waals surface area (Å²) in [6, 6.07) is 17.0. The van der Waals surface area contributed by atoms with Gasteiger partial charge in [-0.1, -0.05) is 29.8 Å². The topological polar surface area (TPSA) is 72.5 Å². The van der Waals surface area contributed by atoms with Crippen molar-refractivity contribution in [3.63, 3.8) is 0 Å². The Kier molecular flexibility index (Phi) is 6.11. The number of pyridine rings is 1. The highest BCUT2D eigenvalue weighted by Gasteiger charge is 2.10. The molecule has 3 rings (SSSR count). The number of carbonyl (C=O) groups excluding carboxylic acids is 1. The fourth-order valence-corrected chi connectivity index (χ4v) is 2.65. The monoisotopic (exact) mass is 377 g/mol. The predicted octanol–water partition coefficient (Wildman–Crippen LogP) is 4.27. The van der Waals surface area contributed by atoms with Crippen LogP contribution in [0.2, 0.25) is 0 Å². The van der Waals surface area contributed by atoms with Crippen LogP contribution in [0.3, 0.4) is 0 Å². The van der Waals surface area contributed by atoms with Crippen molar-refractivity contribution in [1.82, 2.24) is 4.98 Å². The van der Waals surface area contributed by atoms with E-state index in [1.807, 2.05) is 0 Å². The number of methoxy groups -OCH3 is 2. The zero-order valence-corrected chi connectivity index (χ0v) is 16.2. The maximum atomic E-state index is 12.4. The van der Waals surface area contributed by atoms with Crippen molar-refractivity contribution in [2.75, 3.05) is 24.9 Å². The molecule has 3 aromatic rings. The molecule has 144 valence electrons. The van der Waals surface area contributed by atoms with Crippen molar-refractivity contribution in [2.45, 2.75) is 13.5 Å². The maximum Gasteiger partial charge on any atom is 0.257 e. The standard InChI is InChI=1S/C22H23N3O3/c1-15-4-6-16(7-5-15)13-23-21-11-8-17(14-24-21)22(26)25-18-9-10-19(27-2)20(12-18)28-3/h4-12,14H,13H2,1-3H3,(H,23,24)(H,25,26). The molecule has 0 spiro atoms. The minimum Gasteiger partial charge on any atom is -0.493 e. The Morgan fingerprint density at radius 1 is 0.964 bits per heavy atom. The van der Waals surface area contributed by atoms with E-state index in [4.69, 9.17) is 9.47 Å². The average Bonchev–Trinajstić information content (AvgIpc) is 2.73. The number of anilines is 2.